The van der Waals surface area contributed by atoms with Gasteiger partial charge in [-0.05, 0) is 48.9 Å². The van der Waals surface area contributed by atoms with E-state index in [0.717, 1.165) is 10.0 Å². The van der Waals surface area contributed by atoms with E-state index in [1.165, 1.54) is 6.21 Å². The molecule has 0 spiro atoms. The van der Waals surface area contributed by atoms with E-state index in [0.29, 0.717) is 22.4 Å². The smallest absolute Gasteiger partial charge is 0.343 e. The van der Waals surface area contributed by atoms with Crippen LogP contribution in [0.25, 0.3) is 0 Å². The van der Waals surface area contributed by atoms with Gasteiger partial charge in [0.25, 0.3) is 5.91 Å². The number of esters is 1. The van der Waals surface area contributed by atoms with E-state index in [1.807, 2.05) is 25.1 Å². The summed E-state index contributed by atoms with van der Waals surface area (Å²) in [5.41, 5.74) is 4.89. The molecule has 3 rings (SSSR count). The van der Waals surface area contributed by atoms with Gasteiger partial charge in [-0.2, -0.15) is 5.10 Å². The van der Waals surface area contributed by atoms with Crippen molar-refractivity contribution in [2.75, 3.05) is 0 Å². The molecule has 0 fully saturated rings. The third kappa shape index (κ3) is 4.92. The number of carbonyl (C=O) groups is 2. The zero-order valence-corrected chi connectivity index (χ0v) is 16.6. The number of benzene rings is 3. The molecular formula is C22H17BrN2O3. The minimum atomic E-state index is -0.471. The molecule has 3 aromatic carbocycles. The Labute approximate surface area is 171 Å². The average molecular weight is 437 g/mol. The van der Waals surface area contributed by atoms with Crippen LogP contribution in [0.4, 0.5) is 0 Å². The molecule has 5 nitrogen and oxygen atoms in total. The number of aryl methyl sites for hydroxylation is 1. The van der Waals surface area contributed by atoms with Crippen molar-refractivity contribution in [2.24, 2.45) is 5.10 Å². The molecule has 6 heteroatoms. The van der Waals surface area contributed by atoms with Crippen LogP contribution in [0.3, 0.4) is 0 Å². The van der Waals surface area contributed by atoms with Gasteiger partial charge in [0.1, 0.15) is 5.75 Å². The van der Waals surface area contributed by atoms with Gasteiger partial charge < -0.3 is 4.74 Å². The molecule has 140 valence electrons. The van der Waals surface area contributed by atoms with Crippen LogP contribution >= 0.6 is 15.9 Å². The topological polar surface area (TPSA) is 67.8 Å². The highest BCUT2D eigenvalue weighted by Crippen LogP contribution is 2.23. The predicted molar refractivity (Wildman–Crippen MR) is 112 cm³/mol. The number of hydrogen-bond donors (Lipinski definition) is 1. The Morgan fingerprint density at radius 3 is 2.46 bits per heavy atom. The highest BCUT2D eigenvalue weighted by molar-refractivity contribution is 9.10. The first kappa shape index (κ1) is 19.5. The zero-order chi connectivity index (χ0) is 19.9. The third-order valence-corrected chi connectivity index (χ3v) is 4.44. The fourth-order valence-corrected chi connectivity index (χ4v) is 2.87. The van der Waals surface area contributed by atoms with Crippen molar-refractivity contribution >= 4 is 34.0 Å². The molecule has 3 aromatic rings. The molecule has 0 aliphatic heterocycles. The number of hydrazone groups is 1. The quantitative estimate of drug-likeness (QED) is 0.271. The highest BCUT2D eigenvalue weighted by Gasteiger charge is 2.11. The summed E-state index contributed by atoms with van der Waals surface area (Å²) in [6, 6.07) is 21.1. The van der Waals surface area contributed by atoms with E-state index in [9.17, 15) is 9.59 Å². The second-order valence-corrected chi connectivity index (χ2v) is 6.87. The number of carbonyl (C=O) groups excluding carboxylic acids is 2. The summed E-state index contributed by atoms with van der Waals surface area (Å²) in [6.45, 7) is 1.86. The van der Waals surface area contributed by atoms with Crippen LogP contribution in [0.5, 0.6) is 5.75 Å². The molecule has 0 aliphatic rings. The normalized spacial score (nSPS) is 10.6. The Bertz CT molecular complexity index is 1030. The summed E-state index contributed by atoms with van der Waals surface area (Å²) in [4.78, 5) is 24.6. The summed E-state index contributed by atoms with van der Waals surface area (Å²) in [7, 11) is 0. The first-order chi connectivity index (χ1) is 13.5. The largest absolute Gasteiger partial charge is 0.422 e. The van der Waals surface area contributed by atoms with Crippen LogP contribution in [0.15, 0.2) is 82.4 Å². The van der Waals surface area contributed by atoms with Crippen LogP contribution in [-0.4, -0.2) is 18.1 Å². The Hall–Kier alpha value is -3.25. The highest BCUT2D eigenvalue weighted by atomic mass is 79.9. The van der Waals surface area contributed by atoms with Gasteiger partial charge in [-0.1, -0.05) is 52.3 Å². The number of halogens is 1. The molecule has 0 heterocycles. The summed E-state index contributed by atoms with van der Waals surface area (Å²) in [5.74, 6) is -0.445. The molecule has 1 N–H and O–H groups in total. The van der Waals surface area contributed by atoms with Crippen LogP contribution in [-0.2, 0) is 0 Å². The van der Waals surface area contributed by atoms with Gasteiger partial charge in [0.2, 0.25) is 0 Å². The molecule has 0 saturated carbocycles. The predicted octanol–water partition coefficient (Wildman–Crippen LogP) is 4.74. The second-order valence-electron chi connectivity index (χ2n) is 5.95. The van der Waals surface area contributed by atoms with Crippen LogP contribution < -0.4 is 10.2 Å². The lowest BCUT2D eigenvalue weighted by Gasteiger charge is -2.08. The molecular weight excluding hydrogens is 420 g/mol. The number of nitrogens with one attached hydrogen (secondary N) is 1. The monoisotopic (exact) mass is 436 g/mol. The van der Waals surface area contributed by atoms with Crippen molar-refractivity contribution in [3.8, 4) is 5.75 Å². The standard InChI is InChI=1S/C22H17BrN2O3/c1-15-7-5-6-10-19(15)21(26)25-24-14-17-13-18(23)11-12-20(17)28-22(27)16-8-3-2-4-9-16/h2-14H,1H3,(H,25,26)/b24-14-. The van der Waals surface area contributed by atoms with Crippen LogP contribution in [0.1, 0.15) is 31.8 Å². The fourth-order valence-electron chi connectivity index (χ4n) is 2.49. The van der Waals surface area contributed by atoms with Gasteiger partial charge in [-0.25, -0.2) is 10.2 Å². The van der Waals surface area contributed by atoms with Crippen molar-refractivity contribution in [1.82, 2.24) is 5.43 Å². The number of hydrogen-bond acceptors (Lipinski definition) is 4. The van der Waals surface area contributed by atoms with E-state index in [2.05, 4.69) is 26.5 Å². The first-order valence-corrected chi connectivity index (χ1v) is 9.30. The van der Waals surface area contributed by atoms with Crippen molar-refractivity contribution in [3.63, 3.8) is 0 Å². The van der Waals surface area contributed by atoms with Crippen LogP contribution in [0, 0.1) is 6.92 Å². The number of ether oxygens (including phenoxy) is 1. The summed E-state index contributed by atoms with van der Waals surface area (Å²) < 4.78 is 6.27. The van der Waals surface area contributed by atoms with Gasteiger partial charge in [0, 0.05) is 15.6 Å². The van der Waals surface area contributed by atoms with E-state index < -0.39 is 5.97 Å². The third-order valence-electron chi connectivity index (χ3n) is 3.94. The van der Waals surface area contributed by atoms with Crippen molar-refractivity contribution < 1.29 is 14.3 Å². The molecule has 0 saturated heterocycles. The van der Waals surface area contributed by atoms with Crippen molar-refractivity contribution in [3.05, 3.63) is 99.5 Å². The first-order valence-electron chi connectivity index (χ1n) is 8.50. The fraction of sp³-hybridized carbons (Fsp3) is 0.0455. The average Bonchev–Trinajstić information content (AvgIpc) is 2.70. The molecule has 0 unspecified atom stereocenters. The van der Waals surface area contributed by atoms with Gasteiger partial charge in [-0.3, -0.25) is 4.79 Å². The summed E-state index contributed by atoms with van der Waals surface area (Å²) >= 11 is 3.39. The maximum Gasteiger partial charge on any atom is 0.343 e. The Morgan fingerprint density at radius 1 is 1.00 bits per heavy atom. The van der Waals surface area contributed by atoms with Gasteiger partial charge >= 0.3 is 5.97 Å². The van der Waals surface area contributed by atoms with Gasteiger partial charge in [0.05, 0.1) is 11.8 Å². The number of rotatable bonds is 5. The van der Waals surface area contributed by atoms with Gasteiger partial charge in [0.15, 0.2) is 0 Å². The molecule has 0 bridgehead atoms. The Kier molecular flexibility index (Phi) is 6.34. The molecule has 0 aliphatic carbocycles. The SMILES string of the molecule is Cc1ccccc1C(=O)N/N=C\c1cc(Br)ccc1OC(=O)c1ccccc1. The molecule has 0 radical (unpaired) electrons. The zero-order valence-electron chi connectivity index (χ0n) is 15.1. The van der Waals surface area contributed by atoms with E-state index >= 15 is 0 Å². The van der Waals surface area contributed by atoms with Crippen molar-refractivity contribution in [1.29, 1.82) is 0 Å². The number of nitrogens with zero attached hydrogens (tertiary/aromatic N) is 1. The van der Waals surface area contributed by atoms with E-state index in [-0.39, 0.29) is 5.91 Å². The van der Waals surface area contributed by atoms with E-state index in [4.69, 9.17) is 4.74 Å². The maximum atomic E-state index is 12.3. The summed E-state index contributed by atoms with van der Waals surface area (Å²) in [6.07, 6.45) is 1.44. The van der Waals surface area contributed by atoms with E-state index in [1.54, 1.807) is 54.6 Å². The molecule has 1 amide bonds. The van der Waals surface area contributed by atoms with Crippen molar-refractivity contribution in [2.45, 2.75) is 6.92 Å². The van der Waals surface area contributed by atoms with Crippen LogP contribution in [0.2, 0.25) is 0 Å². The molecule has 0 aromatic heterocycles. The number of amides is 1. The Balaban J connectivity index is 1.75. The molecule has 0 atom stereocenters. The lowest BCUT2D eigenvalue weighted by atomic mass is 10.1. The lowest BCUT2D eigenvalue weighted by Crippen LogP contribution is -2.18. The Morgan fingerprint density at radius 2 is 1.71 bits per heavy atom. The minimum Gasteiger partial charge on any atom is -0.422 e. The lowest BCUT2D eigenvalue weighted by molar-refractivity contribution is 0.0734. The second kappa shape index (κ2) is 9.10. The maximum absolute atomic E-state index is 12.3. The minimum absolute atomic E-state index is 0.313. The molecule has 28 heavy (non-hydrogen) atoms. The van der Waals surface area contributed by atoms with Gasteiger partial charge in [-0.15, -0.1) is 0 Å². The summed E-state index contributed by atoms with van der Waals surface area (Å²) in [5, 5.41) is 4.00.